The molecule has 2 aromatic carbocycles. The maximum Gasteiger partial charge on any atom is 0.573 e. The molecule has 12 heteroatoms. The number of benzene rings is 2. The van der Waals surface area contributed by atoms with Gasteiger partial charge in [-0.15, -0.1) is 18.3 Å². The molecule has 40 heavy (non-hydrogen) atoms. The lowest BCUT2D eigenvalue weighted by Gasteiger charge is -2.41. The SMILES string of the molecule is CC(C)(C)C1CCC(N(Cc2ccc(C(=O)Nc3nn[nH]n3)cc2)C(=O)Cc2ccc(OC(F)(F)F)cc2)CC1. The number of nitrogens with zero attached hydrogens (tertiary/aromatic N) is 4. The highest BCUT2D eigenvalue weighted by Crippen LogP contribution is 2.39. The minimum Gasteiger partial charge on any atom is -0.406 e. The molecule has 3 aromatic rings. The monoisotopic (exact) mass is 558 g/mol. The largest absolute Gasteiger partial charge is 0.573 e. The highest BCUT2D eigenvalue weighted by Gasteiger charge is 2.34. The first-order valence-corrected chi connectivity index (χ1v) is 13.2. The van der Waals surface area contributed by atoms with Crippen LogP contribution in [-0.2, 0) is 17.8 Å². The zero-order valence-corrected chi connectivity index (χ0v) is 22.7. The van der Waals surface area contributed by atoms with Crippen LogP contribution in [0.15, 0.2) is 48.5 Å². The van der Waals surface area contributed by atoms with Crippen LogP contribution in [0.3, 0.4) is 0 Å². The van der Waals surface area contributed by atoms with Gasteiger partial charge in [0, 0.05) is 18.2 Å². The zero-order valence-electron chi connectivity index (χ0n) is 22.7. The molecule has 1 aliphatic carbocycles. The topological polar surface area (TPSA) is 113 Å². The van der Waals surface area contributed by atoms with Crippen LogP contribution in [0.25, 0.3) is 0 Å². The molecule has 9 nitrogen and oxygen atoms in total. The summed E-state index contributed by atoms with van der Waals surface area (Å²) in [5.41, 5.74) is 2.05. The van der Waals surface area contributed by atoms with E-state index in [1.165, 1.54) is 24.3 Å². The normalized spacial score (nSPS) is 17.8. The Bertz CT molecular complexity index is 1260. The van der Waals surface area contributed by atoms with Crippen molar-refractivity contribution in [3.05, 3.63) is 65.2 Å². The summed E-state index contributed by atoms with van der Waals surface area (Å²) in [6.07, 6.45) is -0.957. The molecular weight excluding hydrogens is 525 g/mol. The number of hydrogen-bond donors (Lipinski definition) is 2. The third kappa shape index (κ3) is 8.03. The van der Waals surface area contributed by atoms with E-state index in [0.717, 1.165) is 31.2 Å². The van der Waals surface area contributed by atoms with E-state index < -0.39 is 6.36 Å². The van der Waals surface area contributed by atoms with Crippen molar-refractivity contribution in [3.63, 3.8) is 0 Å². The Balaban J connectivity index is 1.47. The van der Waals surface area contributed by atoms with Crippen LogP contribution < -0.4 is 10.1 Å². The Hall–Kier alpha value is -3.96. The molecule has 0 spiro atoms. The highest BCUT2D eigenvalue weighted by molar-refractivity contribution is 6.03. The Kier molecular flexibility index (Phi) is 8.75. The number of amides is 2. The van der Waals surface area contributed by atoms with Gasteiger partial charge in [0.05, 0.1) is 6.42 Å². The first-order valence-electron chi connectivity index (χ1n) is 13.2. The van der Waals surface area contributed by atoms with Gasteiger partial charge in [0.15, 0.2) is 0 Å². The zero-order chi connectivity index (χ0) is 28.9. The second-order valence-corrected chi connectivity index (χ2v) is 11.1. The molecule has 0 radical (unpaired) electrons. The summed E-state index contributed by atoms with van der Waals surface area (Å²) in [5.74, 6) is -0.194. The number of H-pyrrole nitrogens is 1. The molecule has 0 saturated heterocycles. The number of carbonyl (C=O) groups excluding carboxylic acids is 2. The molecular formula is C28H33F3N6O3. The van der Waals surface area contributed by atoms with Gasteiger partial charge in [-0.3, -0.25) is 14.9 Å². The van der Waals surface area contributed by atoms with E-state index >= 15 is 0 Å². The van der Waals surface area contributed by atoms with Crippen LogP contribution in [0, 0.1) is 11.3 Å². The summed E-state index contributed by atoms with van der Waals surface area (Å²) in [6, 6.07) is 12.4. The van der Waals surface area contributed by atoms with Crippen LogP contribution in [-0.4, -0.2) is 49.7 Å². The molecule has 1 aliphatic rings. The number of alkyl halides is 3. The average Bonchev–Trinajstić information content (AvgIpc) is 3.40. The van der Waals surface area contributed by atoms with Gasteiger partial charge in [-0.25, -0.2) is 0 Å². The number of ether oxygens (including phenoxy) is 1. The standard InChI is InChI=1S/C28H33F3N6O3/c1-27(2,3)21-10-12-22(13-11-21)37(24(38)16-18-6-14-23(15-7-18)40-28(29,30)31)17-19-4-8-20(9-5-19)25(39)32-26-33-35-36-34-26/h4-9,14-15,21-22H,10-13,16-17H2,1-3H3,(H2,32,33,34,35,36,39). The molecule has 2 amide bonds. The van der Waals surface area contributed by atoms with Crippen molar-refractivity contribution < 1.29 is 27.5 Å². The molecule has 1 aromatic heterocycles. The maximum atomic E-state index is 13.6. The molecule has 1 fully saturated rings. The second-order valence-electron chi connectivity index (χ2n) is 11.1. The number of rotatable bonds is 8. The molecule has 214 valence electrons. The van der Waals surface area contributed by atoms with E-state index in [-0.39, 0.29) is 41.4 Å². The first-order chi connectivity index (χ1) is 18.9. The Morgan fingerprint density at radius 1 is 0.975 bits per heavy atom. The van der Waals surface area contributed by atoms with Crippen LogP contribution in [0.1, 0.15) is 67.9 Å². The summed E-state index contributed by atoms with van der Waals surface area (Å²) in [6.45, 7) is 7.07. The third-order valence-corrected chi connectivity index (χ3v) is 7.33. The van der Waals surface area contributed by atoms with Crippen LogP contribution in [0.2, 0.25) is 0 Å². The van der Waals surface area contributed by atoms with Crippen molar-refractivity contribution in [3.8, 4) is 5.75 Å². The number of carbonyl (C=O) groups is 2. The fourth-order valence-corrected chi connectivity index (χ4v) is 5.11. The van der Waals surface area contributed by atoms with Gasteiger partial charge in [-0.2, -0.15) is 5.21 Å². The van der Waals surface area contributed by atoms with E-state index in [0.29, 0.717) is 23.6 Å². The van der Waals surface area contributed by atoms with E-state index in [9.17, 15) is 22.8 Å². The second kappa shape index (κ2) is 12.1. The number of aromatic nitrogens is 4. The Morgan fingerprint density at radius 3 is 2.15 bits per heavy atom. The van der Waals surface area contributed by atoms with Crippen molar-refractivity contribution >= 4 is 17.8 Å². The highest BCUT2D eigenvalue weighted by atomic mass is 19.4. The fraction of sp³-hybridized carbons (Fsp3) is 0.464. The number of tetrazole rings is 1. The van der Waals surface area contributed by atoms with Crippen molar-refractivity contribution in [2.24, 2.45) is 11.3 Å². The number of anilines is 1. The van der Waals surface area contributed by atoms with Gasteiger partial charge in [0.2, 0.25) is 5.91 Å². The van der Waals surface area contributed by atoms with Crippen molar-refractivity contribution in [1.82, 2.24) is 25.5 Å². The summed E-state index contributed by atoms with van der Waals surface area (Å²) < 4.78 is 41.5. The summed E-state index contributed by atoms with van der Waals surface area (Å²) in [5, 5.41) is 15.6. The smallest absolute Gasteiger partial charge is 0.406 e. The van der Waals surface area contributed by atoms with Gasteiger partial charge < -0.3 is 9.64 Å². The van der Waals surface area contributed by atoms with Gasteiger partial charge in [-0.1, -0.05) is 50.1 Å². The molecule has 0 aliphatic heterocycles. The first kappa shape index (κ1) is 29.0. The predicted molar refractivity (Wildman–Crippen MR) is 141 cm³/mol. The average molecular weight is 559 g/mol. The summed E-state index contributed by atoms with van der Waals surface area (Å²) in [7, 11) is 0. The molecule has 0 unspecified atom stereocenters. The van der Waals surface area contributed by atoms with Gasteiger partial charge in [0.1, 0.15) is 5.75 Å². The molecule has 0 atom stereocenters. The van der Waals surface area contributed by atoms with E-state index in [2.05, 4.69) is 51.4 Å². The molecule has 2 N–H and O–H groups in total. The quantitative estimate of drug-likeness (QED) is 0.376. The molecule has 1 heterocycles. The molecule has 0 bridgehead atoms. The van der Waals surface area contributed by atoms with Gasteiger partial charge >= 0.3 is 6.36 Å². The lowest BCUT2D eigenvalue weighted by Crippen LogP contribution is -2.43. The van der Waals surface area contributed by atoms with Crippen molar-refractivity contribution in [1.29, 1.82) is 0 Å². The number of halogens is 3. The lowest BCUT2D eigenvalue weighted by molar-refractivity contribution is -0.274. The fourth-order valence-electron chi connectivity index (χ4n) is 5.11. The lowest BCUT2D eigenvalue weighted by atomic mass is 9.71. The van der Waals surface area contributed by atoms with E-state index in [4.69, 9.17) is 0 Å². The number of aromatic amines is 1. The Labute approximate surface area is 230 Å². The van der Waals surface area contributed by atoms with Crippen LogP contribution in [0.4, 0.5) is 19.1 Å². The third-order valence-electron chi connectivity index (χ3n) is 7.33. The van der Waals surface area contributed by atoms with E-state index in [1.54, 1.807) is 24.3 Å². The summed E-state index contributed by atoms with van der Waals surface area (Å²) >= 11 is 0. The molecule has 4 rings (SSSR count). The van der Waals surface area contributed by atoms with Crippen LogP contribution in [0.5, 0.6) is 5.75 Å². The Morgan fingerprint density at radius 2 is 1.60 bits per heavy atom. The molecule has 1 saturated carbocycles. The van der Waals surface area contributed by atoms with Crippen LogP contribution >= 0.6 is 0 Å². The van der Waals surface area contributed by atoms with Crippen molar-refractivity contribution in [2.75, 3.05) is 5.32 Å². The van der Waals surface area contributed by atoms with Gasteiger partial charge in [-0.05, 0) is 77.6 Å². The maximum absolute atomic E-state index is 13.6. The van der Waals surface area contributed by atoms with E-state index in [1.807, 2.05) is 4.90 Å². The number of nitrogens with one attached hydrogen (secondary N) is 2. The summed E-state index contributed by atoms with van der Waals surface area (Å²) in [4.78, 5) is 27.9. The number of hydrogen-bond acceptors (Lipinski definition) is 6. The predicted octanol–water partition coefficient (Wildman–Crippen LogP) is 5.53. The minimum atomic E-state index is -4.77. The van der Waals surface area contributed by atoms with Crippen molar-refractivity contribution in [2.45, 2.75) is 71.8 Å². The minimum absolute atomic E-state index is 0.0418. The van der Waals surface area contributed by atoms with Gasteiger partial charge in [0.25, 0.3) is 11.9 Å².